The molecule has 0 saturated carbocycles. The zero-order valence-corrected chi connectivity index (χ0v) is 14.5. The average Bonchev–Trinajstić information content (AvgIpc) is 2.55. The molecule has 1 aromatic heterocycles. The number of hydrogen-bond donors (Lipinski definition) is 0. The van der Waals surface area contributed by atoms with Gasteiger partial charge in [-0.15, -0.1) is 0 Å². The van der Waals surface area contributed by atoms with Crippen molar-refractivity contribution in [3.8, 4) is 0 Å². The third-order valence-electron chi connectivity index (χ3n) is 4.26. The zero-order chi connectivity index (χ0) is 16.4. The van der Waals surface area contributed by atoms with Crippen molar-refractivity contribution in [1.29, 1.82) is 0 Å². The van der Waals surface area contributed by atoms with Crippen molar-refractivity contribution in [2.45, 2.75) is 25.7 Å². The van der Waals surface area contributed by atoms with Gasteiger partial charge in [-0.3, -0.25) is 9.79 Å². The minimum Gasteiger partial charge on any atom is -0.315 e. The molecule has 1 aromatic carbocycles. The lowest BCUT2D eigenvalue weighted by Gasteiger charge is -2.20. The first-order valence-electron chi connectivity index (χ1n) is 7.73. The Morgan fingerprint density at radius 1 is 1.13 bits per heavy atom. The standard InChI is InChI=1S/C18H18Cl2N2O/c1-22-17-4-2-3-16(13(17)6-8-18(22)23)21-10-9-12-5-7-14(19)15(20)11-12/h5-8,11H,2-4,9-10H2,1H3. The van der Waals surface area contributed by atoms with Gasteiger partial charge in [0, 0.05) is 36.6 Å². The number of fused-ring (bicyclic) bond motifs is 1. The van der Waals surface area contributed by atoms with Gasteiger partial charge in [0.2, 0.25) is 5.56 Å². The van der Waals surface area contributed by atoms with Gasteiger partial charge >= 0.3 is 0 Å². The number of nitrogens with zero attached hydrogens (tertiary/aromatic N) is 2. The molecule has 0 unspecified atom stereocenters. The molecule has 0 bridgehead atoms. The van der Waals surface area contributed by atoms with Crippen LogP contribution < -0.4 is 5.56 Å². The molecule has 0 radical (unpaired) electrons. The Morgan fingerprint density at radius 3 is 2.74 bits per heavy atom. The predicted octanol–water partition coefficient (Wildman–Crippen LogP) is 4.06. The molecule has 5 heteroatoms. The largest absolute Gasteiger partial charge is 0.315 e. The summed E-state index contributed by atoms with van der Waals surface area (Å²) in [5, 5.41) is 1.15. The third kappa shape index (κ3) is 3.51. The smallest absolute Gasteiger partial charge is 0.250 e. The molecule has 0 amide bonds. The summed E-state index contributed by atoms with van der Waals surface area (Å²) in [7, 11) is 1.83. The summed E-state index contributed by atoms with van der Waals surface area (Å²) in [6.07, 6.45) is 3.76. The molecule has 1 aliphatic carbocycles. The molecule has 3 rings (SSSR count). The van der Waals surface area contributed by atoms with Gasteiger partial charge in [0.15, 0.2) is 0 Å². The van der Waals surface area contributed by atoms with Crippen LogP contribution in [0, 0.1) is 0 Å². The molecule has 0 fully saturated rings. The highest BCUT2D eigenvalue weighted by Gasteiger charge is 2.17. The van der Waals surface area contributed by atoms with E-state index in [1.54, 1.807) is 10.6 Å². The zero-order valence-electron chi connectivity index (χ0n) is 13.0. The Balaban J connectivity index is 1.78. The van der Waals surface area contributed by atoms with Crippen LogP contribution in [0.2, 0.25) is 10.0 Å². The van der Waals surface area contributed by atoms with E-state index >= 15 is 0 Å². The minimum atomic E-state index is 0.0424. The molecule has 0 aliphatic heterocycles. The van der Waals surface area contributed by atoms with Gasteiger partial charge in [-0.1, -0.05) is 29.3 Å². The van der Waals surface area contributed by atoms with Gasteiger partial charge in [0.1, 0.15) is 0 Å². The second-order valence-corrected chi connectivity index (χ2v) is 6.59. The Bertz CT molecular complexity index is 824. The van der Waals surface area contributed by atoms with Crippen LogP contribution in [0.5, 0.6) is 0 Å². The molecule has 0 spiro atoms. The molecule has 0 N–H and O–H groups in total. The molecule has 0 atom stereocenters. The lowest BCUT2D eigenvalue weighted by molar-refractivity contribution is 0.711. The van der Waals surface area contributed by atoms with E-state index in [2.05, 4.69) is 0 Å². The predicted molar refractivity (Wildman–Crippen MR) is 96.2 cm³/mol. The summed E-state index contributed by atoms with van der Waals surface area (Å²) in [6, 6.07) is 9.22. The summed E-state index contributed by atoms with van der Waals surface area (Å²) in [5.41, 5.74) is 4.48. The molecule has 23 heavy (non-hydrogen) atoms. The fourth-order valence-corrected chi connectivity index (χ4v) is 3.30. The quantitative estimate of drug-likeness (QED) is 0.823. The van der Waals surface area contributed by atoms with Crippen LogP contribution >= 0.6 is 23.2 Å². The Kier molecular flexibility index (Phi) is 4.88. The Labute approximate surface area is 145 Å². The van der Waals surface area contributed by atoms with Crippen molar-refractivity contribution >= 4 is 28.9 Å². The Morgan fingerprint density at radius 2 is 1.96 bits per heavy atom. The average molecular weight is 349 g/mol. The van der Waals surface area contributed by atoms with E-state index in [9.17, 15) is 4.79 Å². The van der Waals surface area contributed by atoms with Gasteiger partial charge in [-0.2, -0.15) is 0 Å². The lowest BCUT2D eigenvalue weighted by Crippen LogP contribution is -2.25. The molecule has 0 saturated heterocycles. The normalized spacial score (nSPS) is 15.7. The van der Waals surface area contributed by atoms with E-state index in [1.807, 2.05) is 31.3 Å². The maximum absolute atomic E-state index is 11.8. The SMILES string of the molecule is Cn1c2c(ccc1=O)C(=NCCc1ccc(Cl)c(Cl)c1)CCC2. The molecule has 3 nitrogen and oxygen atoms in total. The molecule has 120 valence electrons. The van der Waals surface area contributed by atoms with Crippen molar-refractivity contribution in [3.05, 3.63) is 67.6 Å². The van der Waals surface area contributed by atoms with Crippen LogP contribution in [-0.2, 0) is 19.9 Å². The molecular weight excluding hydrogens is 331 g/mol. The van der Waals surface area contributed by atoms with E-state index in [1.165, 1.54) is 0 Å². The topological polar surface area (TPSA) is 34.4 Å². The summed E-state index contributed by atoms with van der Waals surface area (Å²) < 4.78 is 1.74. The molecule has 1 aliphatic rings. The summed E-state index contributed by atoms with van der Waals surface area (Å²) in [4.78, 5) is 16.5. The van der Waals surface area contributed by atoms with Crippen molar-refractivity contribution in [2.24, 2.45) is 12.0 Å². The second kappa shape index (κ2) is 6.90. The summed E-state index contributed by atoms with van der Waals surface area (Å²) in [6.45, 7) is 0.704. The van der Waals surface area contributed by atoms with Crippen molar-refractivity contribution in [2.75, 3.05) is 6.54 Å². The van der Waals surface area contributed by atoms with Gasteiger partial charge in [0.05, 0.1) is 10.0 Å². The maximum Gasteiger partial charge on any atom is 0.250 e. The third-order valence-corrected chi connectivity index (χ3v) is 5.00. The first-order valence-corrected chi connectivity index (χ1v) is 8.48. The maximum atomic E-state index is 11.8. The minimum absolute atomic E-state index is 0.0424. The van der Waals surface area contributed by atoms with Crippen LogP contribution in [-0.4, -0.2) is 16.8 Å². The summed E-state index contributed by atoms with van der Waals surface area (Å²) in [5.74, 6) is 0. The molecule has 2 aromatic rings. The van der Waals surface area contributed by atoms with E-state index in [0.29, 0.717) is 16.6 Å². The number of rotatable bonds is 3. The van der Waals surface area contributed by atoms with E-state index in [-0.39, 0.29) is 5.56 Å². The first kappa shape index (κ1) is 16.3. The number of pyridine rings is 1. The number of aromatic nitrogens is 1. The highest BCUT2D eigenvalue weighted by molar-refractivity contribution is 6.42. The van der Waals surface area contributed by atoms with Crippen LogP contribution in [0.15, 0.2) is 40.1 Å². The van der Waals surface area contributed by atoms with E-state index in [0.717, 1.165) is 48.2 Å². The van der Waals surface area contributed by atoms with E-state index < -0.39 is 0 Å². The van der Waals surface area contributed by atoms with Crippen molar-refractivity contribution in [1.82, 2.24) is 4.57 Å². The van der Waals surface area contributed by atoms with Crippen molar-refractivity contribution in [3.63, 3.8) is 0 Å². The van der Waals surface area contributed by atoms with Crippen LogP contribution in [0.1, 0.15) is 29.7 Å². The first-order chi connectivity index (χ1) is 11.1. The lowest BCUT2D eigenvalue weighted by atomic mass is 9.93. The van der Waals surface area contributed by atoms with Crippen molar-refractivity contribution < 1.29 is 0 Å². The van der Waals surface area contributed by atoms with Gasteiger partial charge < -0.3 is 4.57 Å². The van der Waals surface area contributed by atoms with Gasteiger partial charge in [0.25, 0.3) is 0 Å². The highest BCUT2D eigenvalue weighted by atomic mass is 35.5. The summed E-state index contributed by atoms with van der Waals surface area (Å²) >= 11 is 12.0. The highest BCUT2D eigenvalue weighted by Crippen LogP contribution is 2.23. The monoisotopic (exact) mass is 348 g/mol. The fraction of sp³-hybridized carbons (Fsp3) is 0.333. The molecule has 1 heterocycles. The van der Waals surface area contributed by atoms with Gasteiger partial charge in [-0.25, -0.2) is 0 Å². The van der Waals surface area contributed by atoms with E-state index in [4.69, 9.17) is 28.2 Å². The number of aliphatic imine (C=N–C) groups is 1. The number of halogens is 2. The number of hydrogen-bond acceptors (Lipinski definition) is 2. The Hall–Kier alpha value is -1.58. The van der Waals surface area contributed by atoms with Crippen LogP contribution in [0.4, 0.5) is 0 Å². The number of benzene rings is 1. The van der Waals surface area contributed by atoms with Crippen LogP contribution in [0.25, 0.3) is 0 Å². The van der Waals surface area contributed by atoms with Gasteiger partial charge in [-0.05, 0) is 49.4 Å². The second-order valence-electron chi connectivity index (χ2n) is 5.77. The molecular formula is C18H18Cl2N2O. The van der Waals surface area contributed by atoms with Crippen LogP contribution in [0.3, 0.4) is 0 Å². The fourth-order valence-electron chi connectivity index (χ4n) is 2.98.